The molecule has 2 aromatic heterocycles. The predicted molar refractivity (Wildman–Crippen MR) is 315 cm³/mol. The van der Waals surface area contributed by atoms with E-state index in [2.05, 4.69) is 82.6 Å². The van der Waals surface area contributed by atoms with Crippen LogP contribution in [0.25, 0.3) is 91.6 Å². The van der Waals surface area contributed by atoms with Crippen molar-refractivity contribution in [3.05, 3.63) is 247 Å². The van der Waals surface area contributed by atoms with Gasteiger partial charge in [0.15, 0.2) is 34.9 Å². The van der Waals surface area contributed by atoms with Gasteiger partial charge in [-0.1, -0.05) is 262 Å². The molecule has 8 aromatic carbocycles. The first kappa shape index (κ1) is 56.0. The Morgan fingerprint density at radius 3 is 0.880 bits per heavy atom. The molecule has 1 aliphatic rings. The maximum Gasteiger partial charge on any atom is 0.488 e. The smallest absolute Gasteiger partial charge is 0.423 e. The molecule has 75 heavy (non-hydrogen) atoms. The highest BCUT2D eigenvalue weighted by Gasteiger charge is 2.14. The van der Waals surface area contributed by atoms with Crippen LogP contribution in [0.5, 0.6) is 0 Å². The number of halogens is 1. The second-order valence-electron chi connectivity index (χ2n) is 16.6. The zero-order valence-corrected chi connectivity index (χ0v) is 41.7. The molecule has 10 aromatic rings. The van der Waals surface area contributed by atoms with Gasteiger partial charge < -0.3 is 14.8 Å². The summed E-state index contributed by atoms with van der Waals surface area (Å²) in [6.45, 7) is 9.40. The van der Waals surface area contributed by atoms with Gasteiger partial charge in [0.05, 0.1) is 0 Å². The van der Waals surface area contributed by atoms with Gasteiger partial charge in [0, 0.05) is 51.1 Å². The molecule has 0 spiro atoms. The number of hydrogen-bond acceptors (Lipinski definition) is 9. The molecule has 0 aliphatic carbocycles. The van der Waals surface area contributed by atoms with E-state index in [0.717, 1.165) is 73.3 Å². The molecule has 0 atom stereocenters. The van der Waals surface area contributed by atoms with Crippen LogP contribution >= 0.6 is 15.9 Å². The summed E-state index contributed by atoms with van der Waals surface area (Å²) < 4.78 is 5.97. The van der Waals surface area contributed by atoms with E-state index in [9.17, 15) is 0 Å². The molecular formula is C64H60BBrN6O3. The van der Waals surface area contributed by atoms with Gasteiger partial charge in [-0.2, -0.15) is 0 Å². The van der Waals surface area contributed by atoms with Gasteiger partial charge in [-0.3, -0.25) is 0 Å². The van der Waals surface area contributed by atoms with Crippen LogP contribution in [0, 0.1) is 0 Å². The van der Waals surface area contributed by atoms with E-state index in [0.29, 0.717) is 40.4 Å². The molecule has 1 aliphatic heterocycles. The van der Waals surface area contributed by atoms with E-state index < -0.39 is 7.12 Å². The van der Waals surface area contributed by atoms with E-state index >= 15 is 0 Å². The number of ether oxygens (including phenoxy) is 1. The third-order valence-corrected chi connectivity index (χ3v) is 12.0. The first-order valence-corrected chi connectivity index (χ1v) is 24.6. The summed E-state index contributed by atoms with van der Waals surface area (Å²) in [7, 11) is -1.38. The Kier molecular flexibility index (Phi) is 21.5. The van der Waals surface area contributed by atoms with E-state index in [1.165, 1.54) is 12.8 Å². The lowest BCUT2D eigenvalue weighted by Crippen LogP contribution is -2.29. The zero-order chi connectivity index (χ0) is 50.6. The number of rotatable bonds is 10. The van der Waals surface area contributed by atoms with Crippen LogP contribution in [0.1, 0.15) is 38.8 Å². The molecule has 0 saturated carbocycles. The molecule has 0 unspecified atom stereocenters. The Hall–Kier alpha value is -8.32. The van der Waals surface area contributed by atoms with Crippen molar-refractivity contribution in [3.63, 3.8) is 0 Å². The lowest BCUT2D eigenvalue weighted by Gasteiger charge is -2.09. The third kappa shape index (κ3) is 16.1. The van der Waals surface area contributed by atoms with E-state index in [1.807, 2.05) is 152 Å². The molecule has 11 rings (SSSR count). The van der Waals surface area contributed by atoms with Gasteiger partial charge in [0.25, 0.3) is 0 Å². The summed E-state index contributed by atoms with van der Waals surface area (Å²) in [5.41, 5.74) is 10.7. The average molecular weight is 1050 g/mol. The lowest BCUT2D eigenvalue weighted by atomic mass is 9.80. The predicted octanol–water partition coefficient (Wildman–Crippen LogP) is 14.9. The topological polar surface area (TPSA) is 127 Å². The van der Waals surface area contributed by atoms with Crippen LogP contribution in [0.2, 0.25) is 0 Å². The molecular weight excluding hydrogens is 991 g/mol. The Labute approximate surface area is 450 Å². The van der Waals surface area contributed by atoms with Crippen LogP contribution in [-0.4, -0.2) is 60.3 Å². The molecule has 11 heteroatoms. The van der Waals surface area contributed by atoms with Gasteiger partial charge in [0.2, 0.25) is 0 Å². The summed E-state index contributed by atoms with van der Waals surface area (Å²) in [4.78, 5) is 28.4. The summed E-state index contributed by atoms with van der Waals surface area (Å²) >= 11 is 3.47. The second-order valence-corrected chi connectivity index (χ2v) is 17.5. The standard InChI is InChI=1S/C29H21N3.C21H14BrN3.C8H9BO2.C4H8O.2CH4/c1-2-21-13-15-22(16-14-21)23-17-19-26(20-18-23)29-31-27(24-9-5-3-6-10-24)30-28(32-29)25-11-7-4-8-12-25;22-18-13-11-17(12-14-18)21-24-19(15-7-3-1-4-8-15)23-20(25-21)16-9-5-2-6-10-16;1-2-7-3-5-8(6-4-7)9(10)11;1-2-4-5-3-1;;/h2-20H,1H2;1-14H;2-6,10-11H,1H2;1-4H2;2*1H4. The normalized spacial score (nSPS) is 11.0. The number of benzene rings is 8. The largest absolute Gasteiger partial charge is 0.488 e. The molecule has 1 fully saturated rings. The van der Waals surface area contributed by atoms with E-state index in [4.69, 9.17) is 39.7 Å². The molecule has 0 bridgehead atoms. The quantitative estimate of drug-likeness (QED) is 0.129. The minimum absolute atomic E-state index is 0. The van der Waals surface area contributed by atoms with Crippen molar-refractivity contribution in [1.82, 2.24) is 29.9 Å². The molecule has 374 valence electrons. The first-order chi connectivity index (χ1) is 35.8. The summed E-state index contributed by atoms with van der Waals surface area (Å²) in [6, 6.07) is 71.5. The second kappa shape index (κ2) is 28.8. The van der Waals surface area contributed by atoms with Gasteiger partial charge in [-0.15, -0.1) is 0 Å². The minimum Gasteiger partial charge on any atom is -0.423 e. The van der Waals surface area contributed by atoms with Crippen molar-refractivity contribution < 1.29 is 14.8 Å². The molecule has 9 nitrogen and oxygen atoms in total. The molecule has 0 amide bonds. The highest BCUT2D eigenvalue weighted by molar-refractivity contribution is 9.10. The fourth-order valence-electron chi connectivity index (χ4n) is 7.41. The van der Waals surface area contributed by atoms with Gasteiger partial charge in [-0.25, -0.2) is 29.9 Å². The van der Waals surface area contributed by atoms with Crippen LogP contribution in [0.15, 0.2) is 236 Å². The van der Waals surface area contributed by atoms with E-state index in [1.54, 1.807) is 30.3 Å². The van der Waals surface area contributed by atoms with E-state index in [-0.39, 0.29) is 14.9 Å². The zero-order valence-electron chi connectivity index (χ0n) is 40.1. The SMILES string of the molecule is Brc1ccc(-c2nc(-c3ccccc3)nc(-c3ccccc3)n2)cc1.C.C.C1CCOC1.C=Cc1ccc(-c2ccc(-c3nc(-c4ccccc4)nc(-c4ccccc4)n3)cc2)cc1.C=Cc1ccc(B(O)O)cc1. The molecule has 0 radical (unpaired) electrons. The van der Waals surface area contributed by atoms with Crippen molar-refractivity contribution in [2.75, 3.05) is 13.2 Å². The van der Waals surface area contributed by atoms with Gasteiger partial charge in [0.1, 0.15) is 0 Å². The Morgan fingerprint density at radius 2 is 0.613 bits per heavy atom. The summed E-state index contributed by atoms with van der Waals surface area (Å²) in [5, 5.41) is 17.4. The highest BCUT2D eigenvalue weighted by Crippen LogP contribution is 2.28. The maximum absolute atomic E-state index is 8.72. The van der Waals surface area contributed by atoms with Crippen LogP contribution < -0.4 is 5.46 Å². The Bertz CT molecular complexity index is 3170. The first-order valence-electron chi connectivity index (χ1n) is 23.8. The lowest BCUT2D eigenvalue weighted by molar-refractivity contribution is 0.198. The summed E-state index contributed by atoms with van der Waals surface area (Å²) in [5.74, 6) is 4.00. The monoisotopic (exact) mass is 1050 g/mol. The Morgan fingerprint density at radius 1 is 0.360 bits per heavy atom. The highest BCUT2D eigenvalue weighted by atomic mass is 79.9. The number of hydrogen-bond donors (Lipinski definition) is 2. The fraction of sp³-hybridized carbons (Fsp3) is 0.0938. The average Bonchev–Trinajstić information content (AvgIpc) is 4.08. The molecule has 1 saturated heterocycles. The van der Waals surface area contributed by atoms with Crippen molar-refractivity contribution in [1.29, 1.82) is 0 Å². The fourth-order valence-corrected chi connectivity index (χ4v) is 7.68. The minimum atomic E-state index is -1.38. The van der Waals surface area contributed by atoms with Crippen LogP contribution in [-0.2, 0) is 4.74 Å². The van der Waals surface area contributed by atoms with Crippen LogP contribution in [0.3, 0.4) is 0 Å². The molecule has 3 heterocycles. The van der Waals surface area contributed by atoms with Crippen LogP contribution in [0.4, 0.5) is 0 Å². The van der Waals surface area contributed by atoms with Crippen molar-refractivity contribution in [2.45, 2.75) is 27.7 Å². The maximum atomic E-state index is 8.72. The summed E-state index contributed by atoms with van der Waals surface area (Å²) in [6.07, 6.45) is 6.11. The molecule has 2 N–H and O–H groups in total. The van der Waals surface area contributed by atoms with Crippen molar-refractivity contribution >= 4 is 40.7 Å². The van der Waals surface area contributed by atoms with Gasteiger partial charge in [-0.05, 0) is 52.7 Å². The third-order valence-electron chi connectivity index (χ3n) is 11.4. The van der Waals surface area contributed by atoms with Crippen molar-refractivity contribution in [2.24, 2.45) is 0 Å². The number of nitrogens with zero attached hydrogens (tertiary/aromatic N) is 6. The number of aromatic nitrogens is 6. The van der Waals surface area contributed by atoms with Gasteiger partial charge >= 0.3 is 7.12 Å². The Balaban J connectivity index is 0.000000187. The van der Waals surface area contributed by atoms with Crippen molar-refractivity contribution in [3.8, 4) is 79.5 Å².